The summed E-state index contributed by atoms with van der Waals surface area (Å²) >= 11 is 7.37. The van der Waals surface area contributed by atoms with E-state index in [1.54, 1.807) is 0 Å². The van der Waals surface area contributed by atoms with Crippen molar-refractivity contribution in [1.29, 1.82) is 0 Å². The van der Waals surface area contributed by atoms with Crippen LogP contribution in [0.5, 0.6) is 0 Å². The first-order valence-electron chi connectivity index (χ1n) is 10.5. The van der Waals surface area contributed by atoms with Gasteiger partial charge in [0.15, 0.2) is 0 Å². The van der Waals surface area contributed by atoms with E-state index in [0.29, 0.717) is 17.8 Å². The molecule has 0 spiro atoms. The number of ether oxygens (including phenoxy) is 1. The molecule has 3 saturated carbocycles. The predicted octanol–water partition coefficient (Wildman–Crippen LogP) is 3.77. The van der Waals surface area contributed by atoms with Gasteiger partial charge >= 0.3 is 5.97 Å². The fourth-order valence-corrected chi connectivity index (χ4v) is 8.03. The van der Waals surface area contributed by atoms with Crippen LogP contribution < -0.4 is 0 Å². The highest BCUT2D eigenvalue weighted by Gasteiger charge is 2.66. The third kappa shape index (κ3) is 3.28. The molecule has 1 aliphatic heterocycles. The third-order valence-corrected chi connectivity index (χ3v) is 10.8. The largest absolute Gasteiger partial charge is 0.461 e. The lowest BCUT2D eigenvalue weighted by molar-refractivity contribution is -0.162. The first-order chi connectivity index (χ1) is 13.2. The van der Waals surface area contributed by atoms with Gasteiger partial charge < -0.3 is 4.74 Å². The first-order valence-corrected chi connectivity index (χ1v) is 12.4. The minimum absolute atomic E-state index is 0.112. The molecular weight excluding hydrogens is 490 g/mol. The van der Waals surface area contributed by atoms with Crippen LogP contribution in [0.25, 0.3) is 0 Å². The average Bonchev–Trinajstić information content (AvgIpc) is 3.22. The Hall–Kier alpha value is -0.430. The molecule has 2 bridgehead atoms. The van der Waals surface area contributed by atoms with Crippen molar-refractivity contribution in [3.63, 3.8) is 0 Å². The van der Waals surface area contributed by atoms with Crippen LogP contribution in [-0.4, -0.2) is 45.0 Å². The summed E-state index contributed by atoms with van der Waals surface area (Å²) in [7, 11) is 0. The molecule has 5 nitrogen and oxygen atoms in total. The fraction of sp³-hybridized carbons (Fsp3) is 0.857. The van der Waals surface area contributed by atoms with E-state index in [-0.39, 0.29) is 57.8 Å². The maximum absolute atomic E-state index is 13.0. The number of amides is 2. The van der Waals surface area contributed by atoms with Crippen LogP contribution in [0.1, 0.15) is 46.5 Å². The van der Waals surface area contributed by atoms with Gasteiger partial charge in [-0.1, -0.05) is 59.1 Å². The van der Waals surface area contributed by atoms with Gasteiger partial charge in [0.05, 0.1) is 11.8 Å². The number of halogens is 2. The molecule has 7 heteroatoms. The zero-order valence-corrected chi connectivity index (χ0v) is 19.8. The molecule has 3 aliphatic carbocycles. The number of rotatable bonds is 4. The molecule has 0 aromatic rings. The molecular formula is C21H29Br2NO4. The standard InChI is InChI=1S/C21H29Br2NO4/c1-9(2)11-5-4-10(3)6-14(11)28-15(25)8-24-20(26)16-12-7-13(17(16)21(24)27)19(23)18(12)22/h9-14,16-19H,4-8H2,1-3H3/t10-,11+,12-,13+,14+,16+,17-,18+,19-/m0/s1. The quantitative estimate of drug-likeness (QED) is 0.323. The number of hydrogen-bond acceptors (Lipinski definition) is 4. The first kappa shape index (κ1) is 20.8. The molecule has 9 atom stereocenters. The minimum Gasteiger partial charge on any atom is -0.461 e. The Morgan fingerprint density at radius 2 is 1.64 bits per heavy atom. The van der Waals surface area contributed by atoms with Crippen LogP contribution in [0.2, 0.25) is 0 Å². The van der Waals surface area contributed by atoms with Gasteiger partial charge in [0.1, 0.15) is 12.6 Å². The van der Waals surface area contributed by atoms with E-state index in [0.717, 1.165) is 25.7 Å². The van der Waals surface area contributed by atoms with Crippen LogP contribution >= 0.6 is 31.9 Å². The number of imide groups is 1. The van der Waals surface area contributed by atoms with E-state index in [2.05, 4.69) is 52.6 Å². The van der Waals surface area contributed by atoms with Gasteiger partial charge in [-0.25, -0.2) is 0 Å². The lowest BCUT2D eigenvalue weighted by Crippen LogP contribution is -2.41. The maximum Gasteiger partial charge on any atom is 0.326 e. The Morgan fingerprint density at radius 1 is 1.07 bits per heavy atom. The molecule has 4 rings (SSSR count). The normalized spacial score (nSPS) is 45.1. The van der Waals surface area contributed by atoms with Gasteiger partial charge in [0.25, 0.3) is 0 Å². The molecule has 4 aliphatic rings. The molecule has 28 heavy (non-hydrogen) atoms. The summed E-state index contributed by atoms with van der Waals surface area (Å²) in [5.74, 6) is 0.312. The Morgan fingerprint density at radius 3 is 2.18 bits per heavy atom. The van der Waals surface area contributed by atoms with Gasteiger partial charge in [-0.15, -0.1) is 0 Å². The summed E-state index contributed by atoms with van der Waals surface area (Å²) in [4.78, 5) is 40.2. The average molecular weight is 519 g/mol. The van der Waals surface area contributed by atoms with Gasteiger partial charge in [0.2, 0.25) is 11.8 Å². The topological polar surface area (TPSA) is 63.7 Å². The molecule has 0 aromatic heterocycles. The number of hydrogen-bond donors (Lipinski definition) is 0. The molecule has 1 heterocycles. The smallest absolute Gasteiger partial charge is 0.326 e. The summed E-state index contributed by atoms with van der Waals surface area (Å²) in [6.07, 6.45) is 3.87. The third-order valence-electron chi connectivity index (χ3n) is 7.61. The number of fused-ring (bicyclic) bond motifs is 5. The second-order valence-corrected chi connectivity index (χ2v) is 11.7. The minimum atomic E-state index is -0.440. The molecule has 0 unspecified atom stereocenters. The Kier molecular flexibility index (Phi) is 5.71. The number of carbonyl (C=O) groups excluding carboxylic acids is 3. The van der Waals surface area contributed by atoms with Crippen LogP contribution in [0.3, 0.4) is 0 Å². The Bertz CT molecular complexity index is 651. The van der Waals surface area contributed by atoms with Gasteiger partial charge in [-0.2, -0.15) is 0 Å². The zero-order valence-electron chi connectivity index (χ0n) is 16.6. The summed E-state index contributed by atoms with van der Waals surface area (Å²) in [6, 6.07) is 0. The highest BCUT2D eigenvalue weighted by molar-refractivity contribution is 9.12. The second-order valence-electron chi connectivity index (χ2n) is 9.62. The number of carbonyl (C=O) groups is 3. The predicted molar refractivity (Wildman–Crippen MR) is 112 cm³/mol. The highest BCUT2D eigenvalue weighted by Crippen LogP contribution is 2.60. The molecule has 0 radical (unpaired) electrons. The van der Waals surface area contributed by atoms with E-state index >= 15 is 0 Å². The van der Waals surface area contributed by atoms with Crippen molar-refractivity contribution in [1.82, 2.24) is 4.90 Å². The highest BCUT2D eigenvalue weighted by atomic mass is 79.9. The SMILES string of the molecule is CC(C)[C@H]1CC[C@H](C)C[C@H]1OC(=O)CN1C(=O)[C@@H]2[C@@H]3C[C@@H]([C@H](Br)[C@@H]3Br)[C@@H]2C1=O. The van der Waals surface area contributed by atoms with Crippen molar-refractivity contribution < 1.29 is 19.1 Å². The van der Waals surface area contributed by atoms with Crippen LogP contribution in [0.4, 0.5) is 0 Å². The van der Waals surface area contributed by atoms with Gasteiger partial charge in [-0.3, -0.25) is 19.3 Å². The molecule has 1 saturated heterocycles. The molecule has 4 fully saturated rings. The summed E-state index contributed by atoms with van der Waals surface area (Å²) in [5, 5.41) is 0. The number of esters is 1. The van der Waals surface area contributed by atoms with Gasteiger partial charge in [-0.05, 0) is 48.9 Å². The van der Waals surface area contributed by atoms with Crippen LogP contribution in [-0.2, 0) is 19.1 Å². The lowest BCUT2D eigenvalue weighted by atomic mass is 9.75. The maximum atomic E-state index is 13.0. The van der Waals surface area contributed by atoms with E-state index in [9.17, 15) is 14.4 Å². The van der Waals surface area contributed by atoms with Crippen LogP contribution in [0, 0.1) is 41.4 Å². The Labute approximate surface area is 183 Å². The van der Waals surface area contributed by atoms with E-state index in [1.165, 1.54) is 4.90 Å². The van der Waals surface area contributed by atoms with E-state index in [4.69, 9.17) is 4.74 Å². The molecule has 0 N–H and O–H groups in total. The molecule has 156 valence electrons. The molecule has 2 amide bonds. The van der Waals surface area contributed by atoms with E-state index < -0.39 is 5.97 Å². The van der Waals surface area contributed by atoms with E-state index in [1.807, 2.05) is 0 Å². The number of alkyl halides is 2. The van der Waals surface area contributed by atoms with Crippen molar-refractivity contribution in [2.24, 2.45) is 41.4 Å². The van der Waals surface area contributed by atoms with Crippen LogP contribution in [0.15, 0.2) is 0 Å². The van der Waals surface area contributed by atoms with Crippen molar-refractivity contribution in [3.8, 4) is 0 Å². The van der Waals surface area contributed by atoms with Crippen molar-refractivity contribution >= 4 is 49.6 Å². The zero-order chi connectivity index (χ0) is 20.3. The second kappa shape index (κ2) is 7.68. The van der Waals surface area contributed by atoms with Crippen molar-refractivity contribution in [3.05, 3.63) is 0 Å². The summed E-state index contributed by atoms with van der Waals surface area (Å²) in [5.41, 5.74) is 0. The lowest BCUT2D eigenvalue weighted by Gasteiger charge is -2.36. The monoisotopic (exact) mass is 517 g/mol. The number of likely N-dealkylation sites (tertiary alicyclic amines) is 1. The summed E-state index contributed by atoms with van der Waals surface area (Å²) in [6.45, 7) is 6.29. The Balaban J connectivity index is 1.43. The molecule has 0 aromatic carbocycles. The van der Waals surface area contributed by atoms with Crippen molar-refractivity contribution in [2.75, 3.05) is 6.54 Å². The van der Waals surface area contributed by atoms with Gasteiger partial charge in [0, 0.05) is 9.65 Å². The summed E-state index contributed by atoms with van der Waals surface area (Å²) < 4.78 is 5.82. The number of nitrogens with zero attached hydrogens (tertiary/aromatic N) is 1. The van der Waals surface area contributed by atoms with Crippen molar-refractivity contribution in [2.45, 2.75) is 62.2 Å². The fourth-order valence-electron chi connectivity index (χ4n) is 6.15.